The Balaban J connectivity index is 3.64. The lowest BCUT2D eigenvalue weighted by Gasteiger charge is -1.95. The molecule has 60 valence electrons. The van der Waals surface area contributed by atoms with E-state index in [0.29, 0.717) is 6.42 Å². The fourth-order valence-electron chi connectivity index (χ4n) is 0.578. The maximum Gasteiger partial charge on any atom is 0.0833 e. The van der Waals surface area contributed by atoms with E-state index in [0.717, 1.165) is 0 Å². The number of aliphatic hydroxyl groups is 1. The Hall–Kier alpha value is -1.00. The summed E-state index contributed by atoms with van der Waals surface area (Å²) in [6.07, 6.45) is 7.42. The summed E-state index contributed by atoms with van der Waals surface area (Å²) in [7, 11) is 0. The summed E-state index contributed by atoms with van der Waals surface area (Å²) in [4.78, 5) is 0. The first-order chi connectivity index (χ1) is 5.31. The third kappa shape index (κ3) is 6.89. The van der Waals surface area contributed by atoms with Gasteiger partial charge in [0.25, 0.3) is 0 Å². The molecule has 0 aromatic heterocycles. The van der Waals surface area contributed by atoms with Crippen LogP contribution in [0.25, 0.3) is 0 Å². The molecule has 0 spiro atoms. The van der Waals surface area contributed by atoms with Gasteiger partial charge in [0.1, 0.15) is 0 Å². The minimum absolute atomic E-state index is 0.432. The number of aliphatic hydroxyl groups excluding tert-OH is 1. The molecule has 1 nitrogen and oxygen atoms in total. The van der Waals surface area contributed by atoms with Gasteiger partial charge in [-0.2, -0.15) is 0 Å². The second-order valence-corrected chi connectivity index (χ2v) is 2.11. The maximum atomic E-state index is 9.18. The van der Waals surface area contributed by atoms with Crippen LogP contribution in [0, 0.1) is 11.8 Å². The summed E-state index contributed by atoms with van der Waals surface area (Å²) >= 11 is 0. The summed E-state index contributed by atoms with van der Waals surface area (Å²) < 4.78 is 0. The van der Waals surface area contributed by atoms with Crippen molar-refractivity contribution in [3.63, 3.8) is 0 Å². The molecule has 0 aromatic carbocycles. The molecule has 0 aromatic rings. The topological polar surface area (TPSA) is 20.2 Å². The van der Waals surface area contributed by atoms with Crippen LogP contribution in [0.2, 0.25) is 0 Å². The van der Waals surface area contributed by atoms with E-state index in [4.69, 9.17) is 0 Å². The van der Waals surface area contributed by atoms with Crippen LogP contribution in [-0.2, 0) is 0 Å². The van der Waals surface area contributed by atoms with Crippen molar-refractivity contribution in [3.05, 3.63) is 24.3 Å². The van der Waals surface area contributed by atoms with Crippen molar-refractivity contribution in [3.8, 4) is 11.8 Å². The SMILES string of the molecule is CC#CC[C@@H](O)/C=C/C=C/C. The number of hydrogen-bond acceptors (Lipinski definition) is 1. The number of hydrogen-bond donors (Lipinski definition) is 1. The highest BCUT2D eigenvalue weighted by atomic mass is 16.3. The summed E-state index contributed by atoms with van der Waals surface area (Å²) in [6.45, 7) is 3.70. The number of allylic oxidation sites excluding steroid dienone is 3. The molecule has 0 radical (unpaired) electrons. The normalized spacial score (nSPS) is 13.4. The summed E-state index contributed by atoms with van der Waals surface area (Å²) in [5.41, 5.74) is 0. The van der Waals surface area contributed by atoms with E-state index in [1.54, 1.807) is 13.0 Å². The highest BCUT2D eigenvalue weighted by Gasteiger charge is 1.91. The summed E-state index contributed by atoms with van der Waals surface area (Å²) in [6, 6.07) is 0. The van der Waals surface area contributed by atoms with Gasteiger partial charge in [-0.3, -0.25) is 0 Å². The van der Waals surface area contributed by atoms with Gasteiger partial charge in [0.05, 0.1) is 6.10 Å². The predicted molar refractivity (Wildman–Crippen MR) is 48.0 cm³/mol. The van der Waals surface area contributed by atoms with Gasteiger partial charge < -0.3 is 5.11 Å². The lowest BCUT2D eigenvalue weighted by atomic mass is 10.2. The van der Waals surface area contributed by atoms with Gasteiger partial charge in [-0.25, -0.2) is 0 Å². The molecule has 0 heterocycles. The van der Waals surface area contributed by atoms with Crippen LogP contribution in [0.3, 0.4) is 0 Å². The minimum atomic E-state index is -0.432. The van der Waals surface area contributed by atoms with Gasteiger partial charge in [0.2, 0.25) is 0 Å². The van der Waals surface area contributed by atoms with E-state index in [1.807, 2.05) is 25.2 Å². The molecular formula is C10H14O. The zero-order valence-electron chi connectivity index (χ0n) is 7.04. The Morgan fingerprint density at radius 2 is 2.18 bits per heavy atom. The van der Waals surface area contributed by atoms with Gasteiger partial charge in [0.15, 0.2) is 0 Å². The summed E-state index contributed by atoms with van der Waals surface area (Å²) in [5, 5.41) is 9.18. The molecule has 0 amide bonds. The predicted octanol–water partition coefficient (Wildman–Crippen LogP) is 1.89. The van der Waals surface area contributed by atoms with E-state index >= 15 is 0 Å². The molecule has 0 bridgehead atoms. The average Bonchev–Trinajstić information content (AvgIpc) is 2.01. The molecule has 11 heavy (non-hydrogen) atoms. The Labute approximate surface area is 68.4 Å². The summed E-state index contributed by atoms with van der Waals surface area (Å²) in [5.74, 6) is 5.53. The zero-order valence-corrected chi connectivity index (χ0v) is 7.04. The molecule has 0 unspecified atom stereocenters. The van der Waals surface area contributed by atoms with Crippen molar-refractivity contribution < 1.29 is 5.11 Å². The van der Waals surface area contributed by atoms with Crippen molar-refractivity contribution in [1.82, 2.24) is 0 Å². The van der Waals surface area contributed by atoms with Crippen LogP contribution < -0.4 is 0 Å². The quantitative estimate of drug-likeness (QED) is 0.481. The highest BCUT2D eigenvalue weighted by molar-refractivity contribution is 5.07. The van der Waals surface area contributed by atoms with E-state index in [1.165, 1.54) is 0 Å². The van der Waals surface area contributed by atoms with Gasteiger partial charge in [-0.1, -0.05) is 24.3 Å². The Kier molecular flexibility index (Phi) is 6.46. The third-order valence-corrected chi connectivity index (χ3v) is 1.12. The van der Waals surface area contributed by atoms with Gasteiger partial charge in [-0.05, 0) is 13.8 Å². The monoisotopic (exact) mass is 150 g/mol. The Morgan fingerprint density at radius 3 is 2.73 bits per heavy atom. The van der Waals surface area contributed by atoms with Crippen molar-refractivity contribution in [2.24, 2.45) is 0 Å². The zero-order chi connectivity index (χ0) is 8.53. The molecule has 0 saturated carbocycles. The van der Waals surface area contributed by atoms with Gasteiger partial charge >= 0.3 is 0 Å². The van der Waals surface area contributed by atoms with E-state index in [-0.39, 0.29) is 0 Å². The minimum Gasteiger partial charge on any atom is -0.388 e. The fraction of sp³-hybridized carbons (Fsp3) is 0.400. The lowest BCUT2D eigenvalue weighted by molar-refractivity contribution is 0.229. The third-order valence-electron chi connectivity index (χ3n) is 1.12. The average molecular weight is 150 g/mol. The van der Waals surface area contributed by atoms with Crippen molar-refractivity contribution >= 4 is 0 Å². The second-order valence-electron chi connectivity index (χ2n) is 2.11. The van der Waals surface area contributed by atoms with E-state index in [9.17, 15) is 5.11 Å². The standard InChI is InChI=1S/C10H14O/c1-3-5-7-9-10(11)8-6-4-2/h3,5,7,9-11H,8H2,1-2H3/b5-3+,9-7+/t10-/m1/s1. The fourth-order valence-corrected chi connectivity index (χ4v) is 0.578. The molecule has 1 atom stereocenters. The largest absolute Gasteiger partial charge is 0.388 e. The molecule has 0 rings (SSSR count). The van der Waals surface area contributed by atoms with Crippen LogP contribution in [0.15, 0.2) is 24.3 Å². The second kappa shape index (κ2) is 7.11. The van der Waals surface area contributed by atoms with Crippen LogP contribution >= 0.6 is 0 Å². The lowest BCUT2D eigenvalue weighted by Crippen LogP contribution is -1.98. The van der Waals surface area contributed by atoms with Crippen molar-refractivity contribution in [2.45, 2.75) is 26.4 Å². The van der Waals surface area contributed by atoms with Crippen molar-refractivity contribution in [2.75, 3.05) is 0 Å². The first kappa shape index (κ1) is 10.0. The van der Waals surface area contributed by atoms with Crippen LogP contribution in [0.4, 0.5) is 0 Å². The first-order valence-corrected chi connectivity index (χ1v) is 3.68. The van der Waals surface area contributed by atoms with E-state index in [2.05, 4.69) is 11.8 Å². The molecule has 0 aliphatic heterocycles. The molecule has 1 N–H and O–H groups in total. The molecule has 0 saturated heterocycles. The Bertz CT molecular complexity index is 191. The molecule has 0 fully saturated rings. The Morgan fingerprint density at radius 1 is 1.45 bits per heavy atom. The van der Waals surface area contributed by atoms with Crippen LogP contribution in [0.5, 0.6) is 0 Å². The smallest absolute Gasteiger partial charge is 0.0833 e. The van der Waals surface area contributed by atoms with E-state index < -0.39 is 6.10 Å². The molecule has 0 aliphatic rings. The van der Waals surface area contributed by atoms with Gasteiger partial charge in [0, 0.05) is 6.42 Å². The van der Waals surface area contributed by atoms with Crippen LogP contribution in [0.1, 0.15) is 20.3 Å². The van der Waals surface area contributed by atoms with Crippen molar-refractivity contribution in [1.29, 1.82) is 0 Å². The highest BCUT2D eigenvalue weighted by Crippen LogP contribution is 1.91. The molecule has 0 aliphatic carbocycles. The van der Waals surface area contributed by atoms with Gasteiger partial charge in [-0.15, -0.1) is 11.8 Å². The number of rotatable bonds is 3. The molecular weight excluding hydrogens is 136 g/mol. The maximum absolute atomic E-state index is 9.18. The van der Waals surface area contributed by atoms with Crippen LogP contribution in [-0.4, -0.2) is 11.2 Å². The molecule has 1 heteroatoms. The first-order valence-electron chi connectivity index (χ1n) is 3.68.